The first-order valence-corrected chi connectivity index (χ1v) is 10.7. The van der Waals surface area contributed by atoms with Gasteiger partial charge in [0, 0.05) is 17.8 Å². The highest BCUT2D eigenvalue weighted by atomic mass is 32.2. The number of carbonyl (C=O) groups excluding carboxylic acids is 1. The summed E-state index contributed by atoms with van der Waals surface area (Å²) in [5.74, 6) is 0.570. The predicted octanol–water partition coefficient (Wildman–Crippen LogP) is 3.21. The summed E-state index contributed by atoms with van der Waals surface area (Å²) < 4.78 is 27.3. The second-order valence-electron chi connectivity index (χ2n) is 6.78. The molecule has 0 aromatic heterocycles. The summed E-state index contributed by atoms with van der Waals surface area (Å²) in [5.41, 5.74) is 1.11. The lowest BCUT2D eigenvalue weighted by atomic mass is 9.93. The minimum Gasteiger partial charge on any atom is -0.326 e. The number of benzene rings is 2. The Kier molecular flexibility index (Phi) is 6.47. The van der Waals surface area contributed by atoms with Crippen LogP contribution in [0, 0.1) is 5.92 Å². The zero-order valence-electron chi connectivity index (χ0n) is 15.1. The van der Waals surface area contributed by atoms with Crippen molar-refractivity contribution in [2.24, 2.45) is 5.92 Å². The third-order valence-corrected chi connectivity index (χ3v) is 6.11. The van der Waals surface area contributed by atoms with Gasteiger partial charge in [-0.2, -0.15) is 0 Å². The highest BCUT2D eigenvalue weighted by Crippen LogP contribution is 2.20. The number of piperidine rings is 1. The molecule has 1 aliphatic heterocycles. The van der Waals surface area contributed by atoms with Crippen molar-refractivity contribution in [1.82, 2.24) is 5.32 Å². The van der Waals surface area contributed by atoms with Crippen LogP contribution in [0.15, 0.2) is 59.5 Å². The molecule has 1 saturated heterocycles. The van der Waals surface area contributed by atoms with Crippen molar-refractivity contribution >= 4 is 27.3 Å². The average molecular weight is 388 g/mol. The Labute approximate surface area is 160 Å². The smallest absolute Gasteiger partial charge is 0.261 e. The van der Waals surface area contributed by atoms with Crippen LogP contribution < -0.4 is 15.4 Å². The Morgan fingerprint density at radius 2 is 1.63 bits per heavy atom. The molecule has 0 atom stereocenters. The molecule has 7 heteroatoms. The van der Waals surface area contributed by atoms with Gasteiger partial charge >= 0.3 is 0 Å². The summed E-state index contributed by atoms with van der Waals surface area (Å²) in [6, 6.07) is 14.9. The Balaban J connectivity index is 1.54. The fraction of sp³-hybridized carbons (Fsp3) is 0.350. The van der Waals surface area contributed by atoms with Crippen LogP contribution in [-0.2, 0) is 14.8 Å². The van der Waals surface area contributed by atoms with E-state index in [-0.39, 0.29) is 10.8 Å². The molecule has 0 spiro atoms. The molecule has 3 rings (SSSR count). The Bertz CT molecular complexity index is 846. The van der Waals surface area contributed by atoms with Crippen molar-refractivity contribution in [1.29, 1.82) is 0 Å². The van der Waals surface area contributed by atoms with E-state index < -0.39 is 10.0 Å². The van der Waals surface area contributed by atoms with Crippen LogP contribution in [0.1, 0.15) is 25.7 Å². The average Bonchev–Trinajstić information content (AvgIpc) is 2.68. The third-order valence-electron chi connectivity index (χ3n) is 4.71. The van der Waals surface area contributed by atoms with Crippen LogP contribution in [0.2, 0.25) is 0 Å². The van der Waals surface area contributed by atoms with Crippen LogP contribution in [0.25, 0.3) is 0 Å². The van der Waals surface area contributed by atoms with Crippen LogP contribution >= 0.6 is 0 Å². The van der Waals surface area contributed by atoms with Gasteiger partial charge in [-0.15, -0.1) is 0 Å². The number of hydrogen-bond donors (Lipinski definition) is 3. The van der Waals surface area contributed by atoms with Crippen molar-refractivity contribution in [2.75, 3.05) is 23.1 Å². The van der Waals surface area contributed by atoms with Gasteiger partial charge in [0.25, 0.3) is 10.0 Å². The molecule has 27 heavy (non-hydrogen) atoms. The third kappa shape index (κ3) is 5.80. The molecular formula is C20H25N3O3S. The summed E-state index contributed by atoms with van der Waals surface area (Å²) >= 11 is 0. The van der Waals surface area contributed by atoms with Gasteiger partial charge in [0.2, 0.25) is 5.91 Å². The molecule has 144 valence electrons. The summed E-state index contributed by atoms with van der Waals surface area (Å²) in [5, 5.41) is 6.16. The standard InChI is InChI=1S/C20H25N3O3S/c24-20(11-6-16-12-14-21-15-13-16)22-17-7-9-19(10-8-17)27(25,26)23-18-4-2-1-3-5-18/h1-5,7-10,16,21,23H,6,11-15H2,(H,22,24). The van der Waals surface area contributed by atoms with E-state index in [0.29, 0.717) is 23.7 Å². The van der Waals surface area contributed by atoms with E-state index in [4.69, 9.17) is 0 Å². The van der Waals surface area contributed by atoms with E-state index in [0.717, 1.165) is 32.4 Å². The van der Waals surface area contributed by atoms with Crippen LogP contribution in [0.5, 0.6) is 0 Å². The van der Waals surface area contributed by atoms with Gasteiger partial charge in [-0.05, 0) is 74.7 Å². The number of nitrogens with one attached hydrogen (secondary N) is 3. The Morgan fingerprint density at radius 1 is 0.963 bits per heavy atom. The zero-order valence-corrected chi connectivity index (χ0v) is 16.0. The lowest BCUT2D eigenvalue weighted by Crippen LogP contribution is -2.28. The summed E-state index contributed by atoms with van der Waals surface area (Å²) in [4.78, 5) is 12.3. The number of para-hydroxylation sites is 1. The maximum Gasteiger partial charge on any atom is 0.261 e. The van der Waals surface area contributed by atoms with Gasteiger partial charge < -0.3 is 10.6 Å². The van der Waals surface area contributed by atoms with E-state index in [1.807, 2.05) is 6.07 Å². The van der Waals surface area contributed by atoms with Crippen molar-refractivity contribution in [2.45, 2.75) is 30.6 Å². The molecular weight excluding hydrogens is 362 g/mol. The largest absolute Gasteiger partial charge is 0.326 e. The van der Waals surface area contributed by atoms with Gasteiger partial charge in [-0.25, -0.2) is 8.42 Å². The van der Waals surface area contributed by atoms with E-state index in [1.165, 1.54) is 12.1 Å². The number of carbonyl (C=O) groups is 1. The second kappa shape index (κ2) is 9.01. The lowest BCUT2D eigenvalue weighted by Gasteiger charge is -2.22. The fourth-order valence-corrected chi connectivity index (χ4v) is 4.23. The topological polar surface area (TPSA) is 87.3 Å². The lowest BCUT2D eigenvalue weighted by molar-refractivity contribution is -0.116. The number of sulfonamides is 1. The molecule has 0 saturated carbocycles. The molecule has 6 nitrogen and oxygen atoms in total. The first kappa shape index (κ1) is 19.4. The van der Waals surface area contributed by atoms with Crippen molar-refractivity contribution in [3.63, 3.8) is 0 Å². The summed E-state index contributed by atoms with van der Waals surface area (Å²) in [6.07, 6.45) is 3.61. The molecule has 2 aromatic carbocycles. The molecule has 1 aliphatic rings. The molecule has 1 heterocycles. The van der Waals surface area contributed by atoms with Gasteiger partial charge in [-0.1, -0.05) is 18.2 Å². The monoisotopic (exact) mass is 387 g/mol. The molecule has 1 amide bonds. The minimum absolute atomic E-state index is 0.0356. The van der Waals surface area contributed by atoms with Gasteiger partial charge in [-0.3, -0.25) is 9.52 Å². The number of amides is 1. The molecule has 0 aliphatic carbocycles. The quantitative estimate of drug-likeness (QED) is 0.681. The highest BCUT2D eigenvalue weighted by Gasteiger charge is 2.16. The first-order valence-electron chi connectivity index (χ1n) is 9.21. The van der Waals surface area contributed by atoms with Crippen LogP contribution in [0.4, 0.5) is 11.4 Å². The molecule has 1 fully saturated rings. The maximum atomic E-state index is 12.4. The van der Waals surface area contributed by atoms with Crippen molar-refractivity contribution in [3.8, 4) is 0 Å². The van der Waals surface area contributed by atoms with Crippen molar-refractivity contribution < 1.29 is 13.2 Å². The number of anilines is 2. The minimum atomic E-state index is -3.65. The SMILES string of the molecule is O=C(CCC1CCNCC1)Nc1ccc(S(=O)(=O)Nc2ccccc2)cc1. The van der Waals surface area contributed by atoms with Gasteiger partial charge in [0.1, 0.15) is 0 Å². The zero-order chi connectivity index (χ0) is 19.1. The Hall–Kier alpha value is -2.38. The maximum absolute atomic E-state index is 12.4. The fourth-order valence-electron chi connectivity index (χ4n) is 3.17. The first-order chi connectivity index (χ1) is 13.0. The van der Waals surface area contributed by atoms with E-state index >= 15 is 0 Å². The van der Waals surface area contributed by atoms with E-state index in [1.54, 1.807) is 36.4 Å². The van der Waals surface area contributed by atoms with Crippen molar-refractivity contribution in [3.05, 3.63) is 54.6 Å². The van der Waals surface area contributed by atoms with E-state index in [9.17, 15) is 13.2 Å². The number of hydrogen-bond acceptors (Lipinski definition) is 4. The Morgan fingerprint density at radius 3 is 2.30 bits per heavy atom. The van der Waals surface area contributed by atoms with Gasteiger partial charge in [0.05, 0.1) is 4.90 Å². The normalized spacial score (nSPS) is 15.3. The molecule has 3 N–H and O–H groups in total. The second-order valence-corrected chi connectivity index (χ2v) is 8.46. The predicted molar refractivity (Wildman–Crippen MR) is 107 cm³/mol. The summed E-state index contributed by atoms with van der Waals surface area (Å²) in [6.45, 7) is 2.05. The summed E-state index contributed by atoms with van der Waals surface area (Å²) in [7, 11) is -3.65. The van der Waals surface area contributed by atoms with E-state index in [2.05, 4.69) is 15.4 Å². The highest BCUT2D eigenvalue weighted by molar-refractivity contribution is 7.92. The molecule has 0 radical (unpaired) electrons. The van der Waals surface area contributed by atoms with Gasteiger partial charge in [0.15, 0.2) is 0 Å². The van der Waals surface area contributed by atoms with Crippen LogP contribution in [0.3, 0.4) is 0 Å². The molecule has 0 bridgehead atoms. The molecule has 2 aromatic rings. The van der Waals surface area contributed by atoms with Crippen LogP contribution in [-0.4, -0.2) is 27.4 Å². The number of rotatable bonds is 7. The molecule has 0 unspecified atom stereocenters.